The zero-order chi connectivity index (χ0) is 19.8. The van der Waals surface area contributed by atoms with Gasteiger partial charge in [-0.1, -0.05) is 18.2 Å². The van der Waals surface area contributed by atoms with Crippen LogP contribution in [0.2, 0.25) is 0 Å². The Balaban J connectivity index is 1.97. The number of rotatable bonds is 3. The van der Waals surface area contributed by atoms with Crippen LogP contribution in [0.1, 0.15) is 22.3 Å². The quantitative estimate of drug-likeness (QED) is 0.347. The van der Waals surface area contributed by atoms with Crippen LogP contribution in [0.3, 0.4) is 0 Å². The topological polar surface area (TPSA) is 81.8 Å². The predicted molar refractivity (Wildman–Crippen MR) is 89.9 cm³/mol. The minimum atomic E-state index is -4.51. The molecule has 3 rings (SSSR count). The number of nitro groups is 1. The Labute approximate surface area is 150 Å². The number of ether oxygens (including phenoxy) is 1. The molecule has 0 saturated heterocycles. The number of hydrogen-bond donors (Lipinski definition) is 0. The number of alkyl halides is 3. The van der Waals surface area contributed by atoms with Gasteiger partial charge in [-0.25, -0.2) is 9.79 Å². The van der Waals surface area contributed by atoms with Gasteiger partial charge in [0, 0.05) is 17.2 Å². The molecular weight excluding hydrogens is 365 g/mol. The van der Waals surface area contributed by atoms with Crippen molar-refractivity contribution in [3.63, 3.8) is 0 Å². The fourth-order valence-corrected chi connectivity index (χ4v) is 2.43. The Kier molecular flexibility index (Phi) is 4.52. The number of nitrogens with zero attached hydrogens (tertiary/aromatic N) is 2. The van der Waals surface area contributed by atoms with Crippen LogP contribution in [0.4, 0.5) is 18.9 Å². The summed E-state index contributed by atoms with van der Waals surface area (Å²) in [6, 6.07) is 8.59. The van der Waals surface area contributed by atoms with E-state index >= 15 is 0 Å². The molecule has 0 fully saturated rings. The van der Waals surface area contributed by atoms with Crippen molar-refractivity contribution in [2.24, 2.45) is 4.99 Å². The van der Waals surface area contributed by atoms with Crippen molar-refractivity contribution >= 4 is 23.6 Å². The number of aryl methyl sites for hydroxylation is 1. The van der Waals surface area contributed by atoms with E-state index in [4.69, 9.17) is 4.74 Å². The lowest BCUT2D eigenvalue weighted by Crippen LogP contribution is -2.06. The zero-order valence-electron chi connectivity index (χ0n) is 13.8. The maximum atomic E-state index is 12.8. The smallest absolute Gasteiger partial charge is 0.402 e. The van der Waals surface area contributed by atoms with Gasteiger partial charge < -0.3 is 4.74 Å². The molecule has 9 heteroatoms. The minimum absolute atomic E-state index is 0.122. The molecule has 6 nitrogen and oxygen atoms in total. The largest absolute Gasteiger partial charge is 0.416 e. The van der Waals surface area contributed by atoms with E-state index in [9.17, 15) is 28.1 Å². The number of esters is 1. The number of carbonyl (C=O) groups excluding carboxylic acids is 1. The molecule has 2 aromatic carbocycles. The van der Waals surface area contributed by atoms with Gasteiger partial charge in [0.1, 0.15) is 0 Å². The molecule has 2 aromatic rings. The molecule has 1 aliphatic rings. The molecule has 0 unspecified atom stereocenters. The van der Waals surface area contributed by atoms with E-state index in [2.05, 4.69) is 4.99 Å². The number of cyclic esters (lactones) is 1. The second-order valence-corrected chi connectivity index (χ2v) is 5.72. The van der Waals surface area contributed by atoms with E-state index < -0.39 is 22.6 Å². The molecule has 27 heavy (non-hydrogen) atoms. The third kappa shape index (κ3) is 3.86. The lowest BCUT2D eigenvalue weighted by atomic mass is 10.1. The molecule has 138 valence electrons. The molecule has 0 amide bonds. The summed E-state index contributed by atoms with van der Waals surface area (Å²) in [5.74, 6) is -1.01. The summed E-state index contributed by atoms with van der Waals surface area (Å²) in [4.78, 5) is 26.4. The third-order valence-corrected chi connectivity index (χ3v) is 3.79. The molecule has 0 N–H and O–H groups in total. The number of carbonyl (C=O) groups is 1. The highest BCUT2D eigenvalue weighted by Gasteiger charge is 2.31. The molecule has 0 atom stereocenters. The molecule has 0 bridgehead atoms. The average molecular weight is 376 g/mol. The van der Waals surface area contributed by atoms with E-state index in [0.717, 1.165) is 18.2 Å². The Morgan fingerprint density at radius 3 is 2.59 bits per heavy atom. The first kappa shape index (κ1) is 18.3. The number of halogens is 3. The molecule has 0 aliphatic carbocycles. The van der Waals surface area contributed by atoms with E-state index in [1.54, 1.807) is 6.92 Å². The summed E-state index contributed by atoms with van der Waals surface area (Å²) >= 11 is 0. The molecule has 1 aliphatic heterocycles. The van der Waals surface area contributed by atoms with Crippen LogP contribution in [0.15, 0.2) is 53.2 Å². The summed E-state index contributed by atoms with van der Waals surface area (Å²) in [7, 11) is 0. The first-order valence-corrected chi connectivity index (χ1v) is 7.60. The summed E-state index contributed by atoms with van der Waals surface area (Å²) in [5.41, 5.74) is -0.464. The molecule has 0 spiro atoms. The Morgan fingerprint density at radius 2 is 1.93 bits per heavy atom. The molecular formula is C18H11F3N2O4. The third-order valence-electron chi connectivity index (χ3n) is 3.79. The van der Waals surface area contributed by atoms with Gasteiger partial charge in [-0.15, -0.1) is 0 Å². The van der Waals surface area contributed by atoms with Crippen LogP contribution in [0.25, 0.3) is 6.08 Å². The van der Waals surface area contributed by atoms with Gasteiger partial charge in [0.2, 0.25) is 5.90 Å². The second-order valence-electron chi connectivity index (χ2n) is 5.72. The highest BCUT2D eigenvalue weighted by atomic mass is 19.4. The Bertz CT molecular complexity index is 1010. The van der Waals surface area contributed by atoms with E-state index in [0.29, 0.717) is 5.56 Å². The first-order valence-electron chi connectivity index (χ1n) is 7.60. The summed E-state index contributed by atoms with van der Waals surface area (Å²) in [6.45, 7) is 1.56. The normalized spacial score (nSPS) is 15.6. The SMILES string of the molecule is Cc1ccc(C2=NC(=Cc3cccc(C(F)(F)F)c3)C(=O)O2)cc1[N+](=O)[O-]. The summed E-state index contributed by atoms with van der Waals surface area (Å²) < 4.78 is 43.3. The van der Waals surface area contributed by atoms with Gasteiger partial charge in [-0.3, -0.25) is 10.1 Å². The average Bonchev–Trinajstić information content (AvgIpc) is 2.95. The van der Waals surface area contributed by atoms with Crippen LogP contribution >= 0.6 is 0 Å². The lowest BCUT2D eigenvalue weighted by molar-refractivity contribution is -0.385. The lowest BCUT2D eigenvalue weighted by Gasteiger charge is -2.06. The fraction of sp³-hybridized carbons (Fsp3) is 0.111. The number of aliphatic imine (C=N–C) groups is 1. The maximum absolute atomic E-state index is 12.8. The monoisotopic (exact) mass is 376 g/mol. The highest BCUT2D eigenvalue weighted by Crippen LogP contribution is 2.30. The van der Waals surface area contributed by atoms with E-state index in [1.807, 2.05) is 0 Å². The van der Waals surface area contributed by atoms with E-state index in [1.165, 1.54) is 30.3 Å². The van der Waals surface area contributed by atoms with Crippen molar-refractivity contribution < 1.29 is 27.6 Å². The Morgan fingerprint density at radius 1 is 1.19 bits per heavy atom. The van der Waals surface area contributed by atoms with Crippen molar-refractivity contribution in [3.8, 4) is 0 Å². The van der Waals surface area contributed by atoms with Crippen molar-refractivity contribution in [1.82, 2.24) is 0 Å². The summed E-state index contributed by atoms with van der Waals surface area (Å²) in [5, 5.41) is 11.0. The number of nitro benzene ring substituents is 1. The van der Waals surface area contributed by atoms with Gasteiger partial charge in [0.15, 0.2) is 5.70 Å². The van der Waals surface area contributed by atoms with Crippen LogP contribution in [-0.2, 0) is 15.7 Å². The van der Waals surface area contributed by atoms with Crippen LogP contribution < -0.4 is 0 Å². The standard InChI is InChI=1S/C18H11F3N2O4/c1-10-5-6-12(9-15(10)23(25)26)16-22-14(17(24)27-16)8-11-3-2-4-13(7-11)18(19,20)21/h2-9H,1H3. The number of hydrogen-bond acceptors (Lipinski definition) is 5. The summed E-state index contributed by atoms with van der Waals surface area (Å²) in [6.07, 6.45) is -3.35. The first-order chi connectivity index (χ1) is 12.6. The van der Waals surface area contributed by atoms with Gasteiger partial charge in [0.25, 0.3) is 5.69 Å². The van der Waals surface area contributed by atoms with Crippen molar-refractivity contribution in [2.75, 3.05) is 0 Å². The van der Waals surface area contributed by atoms with Crippen molar-refractivity contribution in [1.29, 1.82) is 0 Å². The van der Waals surface area contributed by atoms with Crippen LogP contribution in [-0.4, -0.2) is 16.8 Å². The molecule has 1 heterocycles. The van der Waals surface area contributed by atoms with Crippen molar-refractivity contribution in [3.05, 3.63) is 80.5 Å². The predicted octanol–water partition coefficient (Wildman–Crippen LogP) is 4.27. The minimum Gasteiger partial charge on any atom is -0.402 e. The van der Waals surface area contributed by atoms with Gasteiger partial charge >= 0.3 is 12.1 Å². The van der Waals surface area contributed by atoms with Crippen molar-refractivity contribution in [2.45, 2.75) is 13.1 Å². The van der Waals surface area contributed by atoms with Gasteiger partial charge in [-0.05, 0) is 36.8 Å². The fourth-order valence-electron chi connectivity index (χ4n) is 2.43. The van der Waals surface area contributed by atoms with Gasteiger partial charge in [0.05, 0.1) is 10.5 Å². The van der Waals surface area contributed by atoms with Gasteiger partial charge in [-0.2, -0.15) is 13.2 Å². The van der Waals surface area contributed by atoms with E-state index in [-0.39, 0.29) is 28.4 Å². The molecule has 0 radical (unpaired) electrons. The molecule has 0 aromatic heterocycles. The Hall–Kier alpha value is -3.49. The van der Waals surface area contributed by atoms with Crippen LogP contribution in [0.5, 0.6) is 0 Å². The highest BCUT2D eigenvalue weighted by molar-refractivity contribution is 6.13. The maximum Gasteiger partial charge on any atom is 0.416 e. The number of benzene rings is 2. The molecule has 0 saturated carbocycles. The van der Waals surface area contributed by atoms with Crippen LogP contribution in [0, 0.1) is 17.0 Å². The second kappa shape index (κ2) is 6.67. The zero-order valence-corrected chi connectivity index (χ0v) is 13.8.